The highest BCUT2D eigenvalue weighted by atomic mass is 79.9. The van der Waals surface area contributed by atoms with E-state index in [1.807, 2.05) is 6.07 Å². The van der Waals surface area contributed by atoms with Crippen molar-refractivity contribution in [3.05, 3.63) is 44.4 Å². The number of aromatic nitrogens is 1. The minimum absolute atomic E-state index is 0.160. The molecule has 1 saturated carbocycles. The number of H-pyrrole nitrogens is 1. The molecule has 0 saturated heterocycles. The Labute approximate surface area is 99.6 Å². The van der Waals surface area contributed by atoms with E-state index in [0.29, 0.717) is 10.4 Å². The number of hydrogen-bond acceptors (Lipinski definition) is 1. The van der Waals surface area contributed by atoms with Gasteiger partial charge in [-0.15, -0.1) is 0 Å². The Morgan fingerprint density at radius 2 is 2.12 bits per heavy atom. The van der Waals surface area contributed by atoms with Crippen molar-refractivity contribution in [1.29, 1.82) is 0 Å². The lowest BCUT2D eigenvalue weighted by Gasteiger charge is -2.04. The van der Waals surface area contributed by atoms with Gasteiger partial charge in [-0.05, 0) is 46.8 Å². The molecule has 0 amide bonds. The Bertz CT molecular complexity index is 631. The van der Waals surface area contributed by atoms with Gasteiger partial charge in [0.2, 0.25) is 0 Å². The molecule has 1 N–H and O–H groups in total. The molecule has 0 radical (unpaired) electrons. The van der Waals surface area contributed by atoms with Gasteiger partial charge in [-0.3, -0.25) is 4.79 Å². The molecule has 16 heavy (non-hydrogen) atoms. The zero-order chi connectivity index (χ0) is 11.3. The first kappa shape index (κ1) is 10.0. The van der Waals surface area contributed by atoms with Crippen LogP contribution in [0, 0.1) is 5.82 Å². The first-order valence-corrected chi connectivity index (χ1v) is 5.97. The topological polar surface area (TPSA) is 32.9 Å². The fourth-order valence-electron chi connectivity index (χ4n) is 1.93. The van der Waals surface area contributed by atoms with Gasteiger partial charge in [0, 0.05) is 10.9 Å². The van der Waals surface area contributed by atoms with Crippen LogP contribution >= 0.6 is 15.9 Å². The maximum absolute atomic E-state index is 13.7. The van der Waals surface area contributed by atoms with Crippen molar-refractivity contribution in [2.24, 2.45) is 0 Å². The molecule has 0 atom stereocenters. The lowest BCUT2D eigenvalue weighted by molar-refractivity contribution is 0.630. The molecule has 1 aromatic heterocycles. The average molecular weight is 282 g/mol. The van der Waals surface area contributed by atoms with Crippen LogP contribution in [0.1, 0.15) is 24.3 Å². The van der Waals surface area contributed by atoms with Gasteiger partial charge in [-0.1, -0.05) is 6.07 Å². The highest BCUT2D eigenvalue weighted by Gasteiger charge is 2.26. The zero-order valence-corrected chi connectivity index (χ0v) is 9.97. The molecule has 1 aliphatic rings. The smallest absolute Gasteiger partial charge is 0.251 e. The van der Waals surface area contributed by atoms with Gasteiger partial charge in [0.1, 0.15) is 0 Å². The van der Waals surface area contributed by atoms with Crippen LogP contribution in [0.15, 0.2) is 27.5 Å². The molecule has 2 aromatic rings. The van der Waals surface area contributed by atoms with Gasteiger partial charge in [-0.2, -0.15) is 0 Å². The molecule has 1 aromatic carbocycles. The summed E-state index contributed by atoms with van der Waals surface area (Å²) >= 11 is 3.10. The van der Waals surface area contributed by atoms with E-state index in [1.165, 1.54) is 0 Å². The number of halogens is 2. The second-order valence-corrected chi connectivity index (χ2v) is 5.01. The van der Waals surface area contributed by atoms with Crippen LogP contribution in [-0.4, -0.2) is 4.98 Å². The standard InChI is InChI=1S/C12H9BrFNO/c13-9-4-3-7-5-8(6-1-2-6)12(16)15-11(7)10(9)14/h3-6H,1-2H2,(H,15,16). The zero-order valence-electron chi connectivity index (χ0n) is 8.39. The van der Waals surface area contributed by atoms with Crippen LogP contribution in [0.5, 0.6) is 0 Å². The molecule has 0 bridgehead atoms. The molecule has 0 unspecified atom stereocenters. The Balaban J connectivity index is 2.34. The number of hydrogen-bond donors (Lipinski definition) is 1. The lowest BCUT2D eigenvalue weighted by Crippen LogP contribution is -2.11. The van der Waals surface area contributed by atoms with Crippen molar-refractivity contribution >= 4 is 26.8 Å². The SMILES string of the molecule is O=c1[nH]c2c(F)c(Br)ccc2cc1C1CC1. The Hall–Kier alpha value is -1.16. The third-order valence-corrected chi connectivity index (χ3v) is 3.57. The van der Waals surface area contributed by atoms with E-state index in [-0.39, 0.29) is 11.1 Å². The number of aromatic amines is 1. The summed E-state index contributed by atoms with van der Waals surface area (Å²) in [5.74, 6) is -0.0307. The van der Waals surface area contributed by atoms with Gasteiger partial charge in [0.25, 0.3) is 5.56 Å². The normalized spacial score (nSPS) is 15.6. The summed E-state index contributed by atoms with van der Waals surface area (Å²) in [6.07, 6.45) is 2.13. The summed E-state index contributed by atoms with van der Waals surface area (Å²) in [5, 5.41) is 0.752. The van der Waals surface area contributed by atoms with Crippen molar-refractivity contribution < 1.29 is 4.39 Å². The predicted molar refractivity (Wildman–Crippen MR) is 64.2 cm³/mol. The molecule has 0 spiro atoms. The summed E-state index contributed by atoms with van der Waals surface area (Å²) in [4.78, 5) is 14.4. The van der Waals surface area contributed by atoms with Crippen LogP contribution in [0.25, 0.3) is 10.9 Å². The van der Waals surface area contributed by atoms with Gasteiger partial charge in [0.15, 0.2) is 5.82 Å². The lowest BCUT2D eigenvalue weighted by atomic mass is 10.1. The van der Waals surface area contributed by atoms with Crippen molar-refractivity contribution in [1.82, 2.24) is 4.98 Å². The van der Waals surface area contributed by atoms with Gasteiger partial charge in [0.05, 0.1) is 9.99 Å². The van der Waals surface area contributed by atoms with Crippen LogP contribution in [0.4, 0.5) is 4.39 Å². The molecule has 3 rings (SSSR count). The van der Waals surface area contributed by atoms with E-state index >= 15 is 0 Å². The van der Waals surface area contributed by atoms with E-state index in [9.17, 15) is 9.18 Å². The Morgan fingerprint density at radius 3 is 2.81 bits per heavy atom. The first-order chi connectivity index (χ1) is 7.66. The second-order valence-electron chi connectivity index (χ2n) is 4.15. The van der Waals surface area contributed by atoms with E-state index in [4.69, 9.17) is 0 Å². The fourth-order valence-corrected chi connectivity index (χ4v) is 2.26. The van der Waals surface area contributed by atoms with E-state index < -0.39 is 5.82 Å². The molecule has 4 heteroatoms. The number of rotatable bonds is 1. The molecular weight excluding hydrogens is 273 g/mol. The van der Waals surface area contributed by atoms with Crippen molar-refractivity contribution in [3.8, 4) is 0 Å². The summed E-state index contributed by atoms with van der Waals surface area (Å²) in [5.41, 5.74) is 0.907. The van der Waals surface area contributed by atoms with E-state index in [1.54, 1.807) is 12.1 Å². The molecule has 2 nitrogen and oxygen atoms in total. The first-order valence-electron chi connectivity index (χ1n) is 5.18. The number of pyridine rings is 1. The Morgan fingerprint density at radius 1 is 1.38 bits per heavy atom. The van der Waals surface area contributed by atoms with Crippen molar-refractivity contribution in [3.63, 3.8) is 0 Å². The quantitative estimate of drug-likeness (QED) is 0.855. The minimum atomic E-state index is -0.406. The number of benzene rings is 1. The average Bonchev–Trinajstić information content (AvgIpc) is 3.08. The molecular formula is C12H9BrFNO. The maximum atomic E-state index is 13.7. The van der Waals surface area contributed by atoms with Crippen LogP contribution in [0.3, 0.4) is 0 Å². The van der Waals surface area contributed by atoms with Crippen molar-refractivity contribution in [2.45, 2.75) is 18.8 Å². The highest BCUT2D eigenvalue weighted by molar-refractivity contribution is 9.10. The van der Waals surface area contributed by atoms with Crippen LogP contribution in [0.2, 0.25) is 0 Å². The van der Waals surface area contributed by atoms with Crippen LogP contribution < -0.4 is 5.56 Å². The van der Waals surface area contributed by atoms with E-state index in [2.05, 4.69) is 20.9 Å². The fraction of sp³-hybridized carbons (Fsp3) is 0.250. The highest BCUT2D eigenvalue weighted by Crippen LogP contribution is 2.39. The third kappa shape index (κ3) is 1.48. The molecule has 1 heterocycles. The third-order valence-electron chi connectivity index (χ3n) is 2.96. The Kier molecular flexibility index (Phi) is 2.14. The minimum Gasteiger partial charge on any atom is -0.319 e. The van der Waals surface area contributed by atoms with Gasteiger partial charge < -0.3 is 4.98 Å². The monoisotopic (exact) mass is 281 g/mol. The second kappa shape index (κ2) is 3.42. The van der Waals surface area contributed by atoms with Crippen molar-refractivity contribution in [2.75, 3.05) is 0 Å². The summed E-state index contributed by atoms with van der Waals surface area (Å²) in [7, 11) is 0. The number of fused-ring (bicyclic) bond motifs is 1. The maximum Gasteiger partial charge on any atom is 0.251 e. The summed E-state index contributed by atoms with van der Waals surface area (Å²) in [6.45, 7) is 0. The molecule has 1 aliphatic carbocycles. The molecule has 82 valence electrons. The van der Waals surface area contributed by atoms with E-state index in [0.717, 1.165) is 23.8 Å². The van der Waals surface area contributed by atoms with Gasteiger partial charge >= 0.3 is 0 Å². The molecule has 0 aliphatic heterocycles. The van der Waals surface area contributed by atoms with Gasteiger partial charge in [-0.25, -0.2) is 4.39 Å². The predicted octanol–water partition coefficient (Wildman–Crippen LogP) is 3.31. The van der Waals surface area contributed by atoms with Crippen LogP contribution in [-0.2, 0) is 0 Å². The largest absolute Gasteiger partial charge is 0.319 e. The molecule has 1 fully saturated rings. The summed E-state index contributed by atoms with van der Waals surface area (Å²) < 4.78 is 14.1. The summed E-state index contributed by atoms with van der Waals surface area (Å²) in [6, 6.07) is 5.28. The number of nitrogens with one attached hydrogen (secondary N) is 1.